The molecule has 0 radical (unpaired) electrons. The Morgan fingerprint density at radius 2 is 2.22 bits per heavy atom. The standard InChI is InChI=1S/C11H10BrNO5/c12-7-1-5(2-8(13)11(15)16)9-10(6(7)3-14)18-4-17-9/h1,3,8H,2,4,13H2,(H,15,16). The van der Waals surface area contributed by atoms with Crippen molar-refractivity contribution in [2.24, 2.45) is 5.73 Å². The van der Waals surface area contributed by atoms with Crippen molar-refractivity contribution in [2.75, 3.05) is 6.79 Å². The molecule has 0 bridgehead atoms. The number of aliphatic carboxylic acids is 1. The molecule has 96 valence electrons. The molecule has 1 aliphatic heterocycles. The van der Waals surface area contributed by atoms with Crippen LogP contribution in [0.4, 0.5) is 0 Å². The van der Waals surface area contributed by atoms with Crippen LogP contribution >= 0.6 is 15.9 Å². The minimum Gasteiger partial charge on any atom is -0.480 e. The Kier molecular flexibility index (Phi) is 3.53. The topological polar surface area (TPSA) is 98.9 Å². The maximum Gasteiger partial charge on any atom is 0.320 e. The molecule has 1 aliphatic rings. The zero-order valence-corrected chi connectivity index (χ0v) is 10.8. The van der Waals surface area contributed by atoms with Gasteiger partial charge in [-0.05, 0) is 22.0 Å². The fourth-order valence-corrected chi connectivity index (χ4v) is 2.26. The third-order valence-corrected chi connectivity index (χ3v) is 3.24. The number of ether oxygens (including phenoxy) is 2. The first-order chi connectivity index (χ1) is 8.54. The Balaban J connectivity index is 2.44. The Morgan fingerprint density at radius 1 is 1.56 bits per heavy atom. The van der Waals surface area contributed by atoms with Crippen LogP contribution in [-0.4, -0.2) is 30.2 Å². The summed E-state index contributed by atoms with van der Waals surface area (Å²) in [5.74, 6) is -0.387. The van der Waals surface area contributed by atoms with E-state index in [0.29, 0.717) is 33.4 Å². The van der Waals surface area contributed by atoms with E-state index in [0.717, 1.165) is 0 Å². The SMILES string of the molecule is NC(Cc1cc(Br)c(C=O)c2c1OCO2)C(=O)O. The van der Waals surface area contributed by atoms with Gasteiger partial charge in [0.15, 0.2) is 17.8 Å². The summed E-state index contributed by atoms with van der Waals surface area (Å²) in [5.41, 5.74) is 6.42. The molecule has 1 unspecified atom stereocenters. The predicted molar refractivity (Wildman–Crippen MR) is 65.0 cm³/mol. The highest BCUT2D eigenvalue weighted by Gasteiger charge is 2.26. The largest absolute Gasteiger partial charge is 0.480 e. The number of fused-ring (bicyclic) bond motifs is 1. The fourth-order valence-electron chi connectivity index (χ4n) is 1.71. The number of carboxylic acids is 1. The molecule has 2 rings (SSSR count). The lowest BCUT2D eigenvalue weighted by Gasteiger charge is -2.11. The van der Waals surface area contributed by atoms with Crippen molar-refractivity contribution < 1.29 is 24.2 Å². The molecular weight excluding hydrogens is 306 g/mol. The third-order valence-electron chi connectivity index (χ3n) is 2.58. The third kappa shape index (κ3) is 2.19. The smallest absolute Gasteiger partial charge is 0.320 e. The second kappa shape index (κ2) is 4.95. The molecule has 0 saturated heterocycles. The lowest BCUT2D eigenvalue weighted by atomic mass is 10.0. The van der Waals surface area contributed by atoms with E-state index in [-0.39, 0.29) is 13.2 Å². The highest BCUT2D eigenvalue weighted by molar-refractivity contribution is 9.10. The molecule has 1 aromatic carbocycles. The van der Waals surface area contributed by atoms with Crippen molar-refractivity contribution >= 4 is 28.2 Å². The average molecular weight is 316 g/mol. The zero-order chi connectivity index (χ0) is 13.3. The molecule has 1 heterocycles. The fraction of sp³-hybridized carbons (Fsp3) is 0.273. The normalized spacial score (nSPS) is 14.3. The molecule has 6 nitrogen and oxygen atoms in total. The van der Waals surface area contributed by atoms with Crippen molar-refractivity contribution in [2.45, 2.75) is 12.5 Å². The molecule has 7 heteroatoms. The van der Waals surface area contributed by atoms with Gasteiger partial charge < -0.3 is 20.3 Å². The monoisotopic (exact) mass is 315 g/mol. The maximum absolute atomic E-state index is 10.9. The number of carboxylic acid groups (broad SMARTS) is 1. The van der Waals surface area contributed by atoms with Crippen LogP contribution in [0.15, 0.2) is 10.5 Å². The van der Waals surface area contributed by atoms with E-state index < -0.39 is 12.0 Å². The van der Waals surface area contributed by atoms with Gasteiger partial charge in [-0.2, -0.15) is 0 Å². The van der Waals surface area contributed by atoms with Crippen LogP contribution in [0.3, 0.4) is 0 Å². The van der Waals surface area contributed by atoms with Gasteiger partial charge in [-0.15, -0.1) is 0 Å². The molecule has 18 heavy (non-hydrogen) atoms. The van der Waals surface area contributed by atoms with E-state index in [1.54, 1.807) is 6.07 Å². The Hall–Kier alpha value is -1.60. The molecular formula is C11H10BrNO5. The summed E-state index contributed by atoms with van der Waals surface area (Å²) in [5, 5.41) is 8.80. The van der Waals surface area contributed by atoms with E-state index in [1.807, 2.05) is 0 Å². The van der Waals surface area contributed by atoms with Gasteiger partial charge in [0.1, 0.15) is 6.04 Å². The van der Waals surface area contributed by atoms with Crippen LogP contribution in [0, 0.1) is 0 Å². The average Bonchev–Trinajstić information content (AvgIpc) is 2.78. The molecule has 0 fully saturated rings. The van der Waals surface area contributed by atoms with Crippen LogP contribution in [0.5, 0.6) is 11.5 Å². The number of rotatable bonds is 4. The number of halogens is 1. The van der Waals surface area contributed by atoms with Gasteiger partial charge in [0.05, 0.1) is 5.56 Å². The number of nitrogens with two attached hydrogens (primary N) is 1. The molecule has 0 aliphatic carbocycles. The van der Waals surface area contributed by atoms with Gasteiger partial charge in [-0.3, -0.25) is 9.59 Å². The number of carbonyl (C=O) groups is 2. The van der Waals surface area contributed by atoms with Crippen molar-refractivity contribution in [3.05, 3.63) is 21.7 Å². The Bertz CT molecular complexity index is 517. The van der Waals surface area contributed by atoms with Gasteiger partial charge in [0, 0.05) is 16.5 Å². The van der Waals surface area contributed by atoms with Crippen LogP contribution in [-0.2, 0) is 11.2 Å². The molecule has 0 amide bonds. The van der Waals surface area contributed by atoms with Crippen molar-refractivity contribution in [3.8, 4) is 11.5 Å². The number of carbonyl (C=O) groups excluding carboxylic acids is 1. The molecule has 0 aromatic heterocycles. The first-order valence-corrected chi connectivity index (χ1v) is 5.88. The lowest BCUT2D eigenvalue weighted by molar-refractivity contribution is -0.138. The summed E-state index contributed by atoms with van der Waals surface area (Å²) in [7, 11) is 0. The van der Waals surface area contributed by atoms with E-state index in [4.69, 9.17) is 20.3 Å². The molecule has 0 spiro atoms. The number of aldehydes is 1. The van der Waals surface area contributed by atoms with Gasteiger partial charge in [-0.1, -0.05) is 0 Å². The van der Waals surface area contributed by atoms with Crippen LogP contribution in [0.1, 0.15) is 15.9 Å². The van der Waals surface area contributed by atoms with Gasteiger partial charge >= 0.3 is 5.97 Å². The summed E-state index contributed by atoms with van der Waals surface area (Å²) in [6.45, 7) is 0.00192. The minimum atomic E-state index is -1.10. The van der Waals surface area contributed by atoms with Gasteiger partial charge in [-0.25, -0.2) is 0 Å². The Morgan fingerprint density at radius 3 is 2.83 bits per heavy atom. The van der Waals surface area contributed by atoms with E-state index in [2.05, 4.69) is 15.9 Å². The van der Waals surface area contributed by atoms with Crippen molar-refractivity contribution in [3.63, 3.8) is 0 Å². The minimum absolute atomic E-state index is 0.00192. The molecule has 1 atom stereocenters. The van der Waals surface area contributed by atoms with E-state index >= 15 is 0 Å². The molecule has 1 aromatic rings. The highest BCUT2D eigenvalue weighted by atomic mass is 79.9. The number of hydrogen-bond donors (Lipinski definition) is 2. The summed E-state index contributed by atoms with van der Waals surface area (Å²) in [4.78, 5) is 21.7. The lowest BCUT2D eigenvalue weighted by Crippen LogP contribution is -2.32. The first kappa shape index (κ1) is 12.8. The van der Waals surface area contributed by atoms with Crippen molar-refractivity contribution in [1.29, 1.82) is 0 Å². The van der Waals surface area contributed by atoms with Crippen LogP contribution in [0.25, 0.3) is 0 Å². The van der Waals surface area contributed by atoms with E-state index in [1.165, 1.54) is 0 Å². The molecule has 3 N–H and O–H groups in total. The van der Waals surface area contributed by atoms with Crippen LogP contribution < -0.4 is 15.2 Å². The summed E-state index contributed by atoms with van der Waals surface area (Å²) in [6.07, 6.45) is 0.747. The quantitative estimate of drug-likeness (QED) is 0.802. The van der Waals surface area contributed by atoms with Crippen molar-refractivity contribution in [1.82, 2.24) is 0 Å². The summed E-state index contributed by atoms with van der Waals surface area (Å²) in [6, 6.07) is 0.590. The summed E-state index contributed by atoms with van der Waals surface area (Å²) >= 11 is 3.23. The van der Waals surface area contributed by atoms with Gasteiger partial charge in [0.25, 0.3) is 0 Å². The number of hydrogen-bond acceptors (Lipinski definition) is 5. The second-order valence-electron chi connectivity index (χ2n) is 3.76. The van der Waals surface area contributed by atoms with Crippen LogP contribution in [0.2, 0.25) is 0 Å². The van der Waals surface area contributed by atoms with Gasteiger partial charge in [0.2, 0.25) is 6.79 Å². The second-order valence-corrected chi connectivity index (χ2v) is 4.62. The number of benzene rings is 1. The molecule has 0 saturated carbocycles. The maximum atomic E-state index is 10.9. The highest BCUT2D eigenvalue weighted by Crippen LogP contribution is 2.42. The Labute approximate surface area is 111 Å². The zero-order valence-electron chi connectivity index (χ0n) is 9.18. The van der Waals surface area contributed by atoms with E-state index in [9.17, 15) is 9.59 Å². The summed E-state index contributed by atoms with van der Waals surface area (Å²) < 4.78 is 11.0. The first-order valence-electron chi connectivity index (χ1n) is 5.09. The predicted octanol–water partition coefficient (Wildman–Crippen LogP) is 0.945.